The molecule has 0 aromatic carbocycles. The largest absolute Gasteiger partial charge is 0.324 e. The molecule has 2 nitrogen and oxygen atoms in total. The van der Waals surface area contributed by atoms with E-state index >= 15 is 0 Å². The Morgan fingerprint density at radius 1 is 1.12 bits per heavy atom. The summed E-state index contributed by atoms with van der Waals surface area (Å²) in [5, 5.41) is 0. The molecule has 0 aromatic rings. The fourth-order valence-electron chi connectivity index (χ4n) is 3.30. The lowest BCUT2D eigenvalue weighted by atomic mass is 9.74. The van der Waals surface area contributed by atoms with Gasteiger partial charge in [0.2, 0.25) is 0 Å². The summed E-state index contributed by atoms with van der Waals surface area (Å²) < 4.78 is 0. The average Bonchev–Trinajstić information content (AvgIpc) is 2.30. The van der Waals surface area contributed by atoms with Crippen LogP contribution in [0.3, 0.4) is 0 Å². The van der Waals surface area contributed by atoms with E-state index in [2.05, 4.69) is 32.6 Å². The molecule has 1 aliphatic rings. The molecule has 1 atom stereocenters. The van der Waals surface area contributed by atoms with Crippen LogP contribution in [0, 0.1) is 5.41 Å². The number of nitrogens with two attached hydrogens (primary N) is 1. The highest BCUT2D eigenvalue weighted by molar-refractivity contribution is 4.88. The highest BCUT2D eigenvalue weighted by atomic mass is 15.2. The fraction of sp³-hybridized carbons (Fsp3) is 1.00. The zero-order valence-corrected chi connectivity index (χ0v) is 12.4. The summed E-state index contributed by atoms with van der Waals surface area (Å²) in [6.07, 6.45) is 7.73. The first-order valence-electron chi connectivity index (χ1n) is 7.48. The average molecular weight is 240 g/mol. The lowest BCUT2D eigenvalue weighted by molar-refractivity contribution is 0.0798. The Morgan fingerprint density at radius 3 is 2.06 bits per heavy atom. The first-order valence-corrected chi connectivity index (χ1v) is 7.48. The molecule has 1 aliphatic heterocycles. The number of rotatable bonds is 6. The molecule has 1 rings (SSSR count). The number of hydrogen-bond donors (Lipinski definition) is 1. The van der Waals surface area contributed by atoms with Crippen LogP contribution in [-0.2, 0) is 0 Å². The van der Waals surface area contributed by atoms with Crippen molar-refractivity contribution in [2.24, 2.45) is 11.1 Å². The third-order valence-corrected chi connectivity index (χ3v) is 4.82. The molecule has 0 amide bonds. The Labute approximate surface area is 108 Å². The van der Waals surface area contributed by atoms with E-state index in [1.165, 1.54) is 45.2 Å². The fourth-order valence-corrected chi connectivity index (χ4v) is 3.30. The van der Waals surface area contributed by atoms with Gasteiger partial charge in [0.15, 0.2) is 0 Å². The van der Waals surface area contributed by atoms with Gasteiger partial charge in [0, 0.05) is 12.1 Å². The molecule has 0 radical (unpaired) electrons. The molecule has 2 heteroatoms. The molecule has 2 N–H and O–H groups in total. The smallest absolute Gasteiger partial charge is 0.0254 e. The minimum absolute atomic E-state index is 0.00712. The van der Waals surface area contributed by atoms with Crippen LogP contribution in [0.15, 0.2) is 0 Å². The van der Waals surface area contributed by atoms with Gasteiger partial charge in [-0.2, -0.15) is 0 Å². The summed E-state index contributed by atoms with van der Waals surface area (Å²) in [5.74, 6) is 0. The lowest BCUT2D eigenvalue weighted by Gasteiger charge is -2.43. The van der Waals surface area contributed by atoms with E-state index in [1.54, 1.807) is 0 Å². The lowest BCUT2D eigenvalue weighted by Crippen LogP contribution is -2.51. The predicted octanol–water partition coefficient (Wildman–Crippen LogP) is 3.41. The van der Waals surface area contributed by atoms with E-state index in [0.29, 0.717) is 5.41 Å². The second kappa shape index (κ2) is 6.19. The van der Waals surface area contributed by atoms with Crippen LogP contribution in [-0.4, -0.2) is 30.1 Å². The molecule has 0 spiro atoms. The van der Waals surface area contributed by atoms with Gasteiger partial charge in [0.05, 0.1) is 0 Å². The topological polar surface area (TPSA) is 29.3 Å². The van der Waals surface area contributed by atoms with Crippen LogP contribution in [0.25, 0.3) is 0 Å². The normalized spacial score (nSPS) is 24.5. The van der Waals surface area contributed by atoms with Crippen LogP contribution in [0.4, 0.5) is 0 Å². The minimum Gasteiger partial charge on any atom is -0.324 e. The third kappa shape index (κ3) is 4.26. The quantitative estimate of drug-likeness (QED) is 0.771. The molecular weight excluding hydrogens is 208 g/mol. The number of nitrogens with zero attached hydrogens (tertiary/aromatic N) is 1. The number of piperidine rings is 1. The van der Waals surface area contributed by atoms with E-state index in [-0.39, 0.29) is 5.54 Å². The van der Waals surface area contributed by atoms with Crippen molar-refractivity contribution >= 4 is 0 Å². The Balaban J connectivity index is 2.42. The summed E-state index contributed by atoms with van der Waals surface area (Å²) in [6.45, 7) is 12.7. The van der Waals surface area contributed by atoms with Gasteiger partial charge in [-0.15, -0.1) is 0 Å². The van der Waals surface area contributed by atoms with Gasteiger partial charge >= 0.3 is 0 Å². The van der Waals surface area contributed by atoms with E-state index in [1.807, 2.05) is 0 Å². The van der Waals surface area contributed by atoms with Gasteiger partial charge < -0.3 is 10.6 Å². The molecule has 1 saturated heterocycles. The van der Waals surface area contributed by atoms with Crippen LogP contribution >= 0.6 is 0 Å². The van der Waals surface area contributed by atoms with Crippen molar-refractivity contribution in [3.05, 3.63) is 0 Å². The van der Waals surface area contributed by atoms with Gasteiger partial charge in [-0.3, -0.25) is 0 Å². The molecule has 1 heterocycles. The van der Waals surface area contributed by atoms with E-state index < -0.39 is 0 Å². The molecule has 0 saturated carbocycles. The SMILES string of the molecule is CCCC(C)(N)CN1CCC(CC)(CC)CC1. The zero-order valence-electron chi connectivity index (χ0n) is 12.4. The molecule has 102 valence electrons. The van der Waals surface area contributed by atoms with Crippen molar-refractivity contribution in [3.8, 4) is 0 Å². The van der Waals surface area contributed by atoms with Crippen molar-refractivity contribution in [1.82, 2.24) is 4.90 Å². The Morgan fingerprint density at radius 2 is 1.65 bits per heavy atom. The monoisotopic (exact) mass is 240 g/mol. The van der Waals surface area contributed by atoms with Crippen LogP contribution in [0.1, 0.15) is 66.2 Å². The summed E-state index contributed by atoms with van der Waals surface area (Å²) in [7, 11) is 0. The first kappa shape index (κ1) is 15.0. The molecule has 0 aromatic heterocycles. The summed E-state index contributed by atoms with van der Waals surface area (Å²) in [6, 6.07) is 0. The zero-order chi connectivity index (χ0) is 12.9. The molecule has 1 fully saturated rings. The van der Waals surface area contributed by atoms with Crippen molar-refractivity contribution in [1.29, 1.82) is 0 Å². The molecule has 1 unspecified atom stereocenters. The number of likely N-dealkylation sites (tertiary alicyclic amines) is 1. The first-order chi connectivity index (χ1) is 7.97. The highest BCUT2D eigenvalue weighted by Gasteiger charge is 2.32. The van der Waals surface area contributed by atoms with Crippen molar-refractivity contribution < 1.29 is 0 Å². The maximum absolute atomic E-state index is 6.35. The van der Waals surface area contributed by atoms with Gasteiger partial charge in [-0.1, -0.05) is 40.0 Å². The van der Waals surface area contributed by atoms with Gasteiger partial charge in [-0.05, 0) is 44.7 Å². The Hall–Kier alpha value is -0.0800. The van der Waals surface area contributed by atoms with Crippen LogP contribution < -0.4 is 5.73 Å². The molecule has 0 aliphatic carbocycles. The van der Waals surface area contributed by atoms with Gasteiger partial charge in [-0.25, -0.2) is 0 Å². The Bertz CT molecular complexity index is 209. The van der Waals surface area contributed by atoms with Gasteiger partial charge in [0.25, 0.3) is 0 Å². The summed E-state index contributed by atoms with van der Waals surface area (Å²) in [4.78, 5) is 2.58. The summed E-state index contributed by atoms with van der Waals surface area (Å²) >= 11 is 0. The third-order valence-electron chi connectivity index (χ3n) is 4.82. The minimum atomic E-state index is 0.00712. The summed E-state index contributed by atoms with van der Waals surface area (Å²) in [5.41, 5.74) is 6.99. The second-order valence-electron chi connectivity index (χ2n) is 6.39. The molecule has 0 bridgehead atoms. The number of hydrogen-bond acceptors (Lipinski definition) is 2. The van der Waals surface area contributed by atoms with Gasteiger partial charge in [0.1, 0.15) is 0 Å². The standard InChI is InChI=1S/C15H32N2/c1-5-8-14(4,16)13-17-11-9-15(6-2,7-3)10-12-17/h5-13,16H2,1-4H3. The van der Waals surface area contributed by atoms with Crippen molar-refractivity contribution in [2.45, 2.75) is 71.8 Å². The molecule has 17 heavy (non-hydrogen) atoms. The van der Waals surface area contributed by atoms with Crippen molar-refractivity contribution in [3.63, 3.8) is 0 Å². The molecular formula is C15H32N2. The Kier molecular flexibility index (Phi) is 5.46. The van der Waals surface area contributed by atoms with E-state index in [0.717, 1.165) is 13.0 Å². The van der Waals surface area contributed by atoms with Crippen LogP contribution in [0.5, 0.6) is 0 Å². The maximum Gasteiger partial charge on any atom is 0.0254 e. The maximum atomic E-state index is 6.35. The van der Waals surface area contributed by atoms with E-state index in [9.17, 15) is 0 Å². The second-order valence-corrected chi connectivity index (χ2v) is 6.39. The van der Waals surface area contributed by atoms with Crippen LogP contribution in [0.2, 0.25) is 0 Å². The highest BCUT2D eigenvalue weighted by Crippen LogP contribution is 2.38. The predicted molar refractivity (Wildman–Crippen MR) is 76.2 cm³/mol. The van der Waals surface area contributed by atoms with E-state index in [4.69, 9.17) is 5.73 Å². The van der Waals surface area contributed by atoms with Crippen molar-refractivity contribution in [2.75, 3.05) is 19.6 Å².